The lowest BCUT2D eigenvalue weighted by Crippen LogP contribution is -2.57. The molecule has 2 amide bonds. The maximum Gasteiger partial charge on any atom is 0.250 e. The number of hydrogen-bond donors (Lipinski definition) is 2. The zero-order valence-electron chi connectivity index (χ0n) is 16.3. The minimum absolute atomic E-state index is 0.0909. The van der Waals surface area contributed by atoms with Gasteiger partial charge in [0.15, 0.2) is 0 Å². The molecular weight excluding hydrogens is 356 g/mol. The molecule has 1 aliphatic heterocycles. The third-order valence-electron chi connectivity index (χ3n) is 5.03. The van der Waals surface area contributed by atoms with Crippen molar-refractivity contribution in [1.82, 2.24) is 5.32 Å². The fourth-order valence-corrected chi connectivity index (χ4v) is 3.56. The minimum Gasteiger partial charge on any atom is -0.497 e. The highest BCUT2D eigenvalue weighted by atomic mass is 16.5. The van der Waals surface area contributed by atoms with Gasteiger partial charge in [-0.15, -0.1) is 0 Å². The Kier molecular flexibility index (Phi) is 6.19. The van der Waals surface area contributed by atoms with E-state index in [0.29, 0.717) is 36.4 Å². The summed E-state index contributed by atoms with van der Waals surface area (Å²) in [5.74, 6) is 0.835. The molecule has 3 rings (SSSR count). The molecule has 0 aliphatic carbocycles. The fourth-order valence-electron chi connectivity index (χ4n) is 3.56. The number of amides is 2. The van der Waals surface area contributed by atoms with Crippen molar-refractivity contribution in [1.29, 1.82) is 0 Å². The monoisotopic (exact) mass is 382 g/mol. The summed E-state index contributed by atoms with van der Waals surface area (Å²) in [6, 6.07) is 15.0. The smallest absolute Gasteiger partial charge is 0.250 e. The Morgan fingerprint density at radius 1 is 1.07 bits per heavy atom. The SMILES string of the molecule is COc1cc(NC(=O)C2(Cc3ccccc3)CCCCC(=O)N2)cc(OC)c1. The van der Waals surface area contributed by atoms with E-state index < -0.39 is 5.54 Å². The molecule has 0 spiro atoms. The van der Waals surface area contributed by atoms with Crippen LogP contribution in [0.3, 0.4) is 0 Å². The number of rotatable bonds is 6. The van der Waals surface area contributed by atoms with Crippen LogP contribution >= 0.6 is 0 Å². The van der Waals surface area contributed by atoms with E-state index in [4.69, 9.17) is 9.47 Å². The van der Waals surface area contributed by atoms with Gasteiger partial charge in [0.25, 0.3) is 0 Å². The van der Waals surface area contributed by atoms with Crippen molar-refractivity contribution in [3.05, 3.63) is 54.1 Å². The van der Waals surface area contributed by atoms with Gasteiger partial charge in [-0.2, -0.15) is 0 Å². The van der Waals surface area contributed by atoms with Crippen LogP contribution in [0.25, 0.3) is 0 Å². The van der Waals surface area contributed by atoms with Gasteiger partial charge in [0.05, 0.1) is 14.2 Å². The van der Waals surface area contributed by atoms with E-state index in [9.17, 15) is 9.59 Å². The van der Waals surface area contributed by atoms with Gasteiger partial charge < -0.3 is 20.1 Å². The molecule has 1 saturated heterocycles. The van der Waals surface area contributed by atoms with E-state index in [1.54, 1.807) is 32.4 Å². The number of ether oxygens (including phenoxy) is 2. The number of carbonyl (C=O) groups is 2. The molecule has 1 fully saturated rings. The van der Waals surface area contributed by atoms with Gasteiger partial charge in [-0.05, 0) is 18.4 Å². The van der Waals surface area contributed by atoms with Gasteiger partial charge in [0.2, 0.25) is 11.8 Å². The summed E-state index contributed by atoms with van der Waals surface area (Å²) in [4.78, 5) is 25.7. The van der Waals surface area contributed by atoms with Crippen LogP contribution in [0.5, 0.6) is 11.5 Å². The molecule has 0 bridgehead atoms. The Bertz CT molecular complexity index is 815. The summed E-state index contributed by atoms with van der Waals surface area (Å²) in [6.07, 6.45) is 3.05. The normalized spacial score (nSPS) is 19.3. The lowest BCUT2D eigenvalue weighted by Gasteiger charge is -2.32. The first-order chi connectivity index (χ1) is 13.5. The highest BCUT2D eigenvalue weighted by Gasteiger charge is 2.41. The van der Waals surface area contributed by atoms with Crippen molar-refractivity contribution in [2.24, 2.45) is 0 Å². The van der Waals surface area contributed by atoms with Gasteiger partial charge in [-0.1, -0.05) is 36.8 Å². The minimum atomic E-state index is -0.995. The second kappa shape index (κ2) is 8.78. The first-order valence-electron chi connectivity index (χ1n) is 9.44. The number of methoxy groups -OCH3 is 2. The maximum absolute atomic E-state index is 13.4. The molecule has 6 nitrogen and oxygen atoms in total. The number of benzene rings is 2. The Labute approximate surface area is 165 Å². The quantitative estimate of drug-likeness (QED) is 0.804. The van der Waals surface area contributed by atoms with E-state index in [2.05, 4.69) is 10.6 Å². The van der Waals surface area contributed by atoms with Crippen LogP contribution in [0.15, 0.2) is 48.5 Å². The van der Waals surface area contributed by atoms with Crippen molar-refractivity contribution in [3.63, 3.8) is 0 Å². The molecule has 6 heteroatoms. The molecule has 148 valence electrons. The van der Waals surface area contributed by atoms with Gasteiger partial charge >= 0.3 is 0 Å². The Hall–Kier alpha value is -3.02. The topological polar surface area (TPSA) is 76.7 Å². The van der Waals surface area contributed by atoms with E-state index in [1.807, 2.05) is 30.3 Å². The highest BCUT2D eigenvalue weighted by Crippen LogP contribution is 2.29. The number of anilines is 1. The average molecular weight is 382 g/mol. The largest absolute Gasteiger partial charge is 0.497 e. The van der Waals surface area contributed by atoms with E-state index in [1.165, 1.54) is 0 Å². The predicted octanol–water partition coefficient (Wildman–Crippen LogP) is 3.31. The molecule has 1 atom stereocenters. The molecular formula is C22H26N2O4. The zero-order chi connectivity index (χ0) is 20.0. The van der Waals surface area contributed by atoms with Crippen LogP contribution in [0, 0.1) is 0 Å². The maximum atomic E-state index is 13.4. The van der Waals surface area contributed by atoms with Crippen LogP contribution in [0.4, 0.5) is 5.69 Å². The summed E-state index contributed by atoms with van der Waals surface area (Å²) < 4.78 is 10.6. The van der Waals surface area contributed by atoms with Crippen molar-refractivity contribution in [2.45, 2.75) is 37.6 Å². The second-order valence-electron chi connectivity index (χ2n) is 7.06. The van der Waals surface area contributed by atoms with Crippen LogP contribution in [-0.2, 0) is 16.0 Å². The van der Waals surface area contributed by atoms with Crippen molar-refractivity contribution >= 4 is 17.5 Å². The third-order valence-corrected chi connectivity index (χ3v) is 5.03. The lowest BCUT2D eigenvalue weighted by molar-refractivity contribution is -0.130. The zero-order valence-corrected chi connectivity index (χ0v) is 16.3. The summed E-state index contributed by atoms with van der Waals surface area (Å²) >= 11 is 0. The van der Waals surface area contributed by atoms with E-state index >= 15 is 0 Å². The lowest BCUT2D eigenvalue weighted by atomic mass is 9.85. The number of nitrogens with one attached hydrogen (secondary N) is 2. The van der Waals surface area contributed by atoms with Crippen LogP contribution < -0.4 is 20.1 Å². The molecule has 2 N–H and O–H groups in total. The predicted molar refractivity (Wildman–Crippen MR) is 108 cm³/mol. The van der Waals surface area contributed by atoms with Crippen molar-refractivity contribution in [2.75, 3.05) is 19.5 Å². The first-order valence-corrected chi connectivity index (χ1v) is 9.44. The molecule has 2 aromatic rings. The first kappa shape index (κ1) is 19.7. The van der Waals surface area contributed by atoms with Crippen LogP contribution in [0.2, 0.25) is 0 Å². The van der Waals surface area contributed by atoms with Gasteiger partial charge in [0.1, 0.15) is 17.0 Å². The van der Waals surface area contributed by atoms with Gasteiger partial charge in [0, 0.05) is 36.7 Å². The summed E-state index contributed by atoms with van der Waals surface area (Å²) in [5, 5.41) is 5.96. The molecule has 1 unspecified atom stereocenters. The Morgan fingerprint density at radius 2 is 1.75 bits per heavy atom. The molecule has 0 saturated carbocycles. The third kappa shape index (κ3) is 4.63. The highest BCUT2D eigenvalue weighted by molar-refractivity contribution is 6.01. The van der Waals surface area contributed by atoms with Crippen LogP contribution in [0.1, 0.15) is 31.2 Å². The molecule has 0 radical (unpaired) electrons. The Morgan fingerprint density at radius 3 is 2.39 bits per heavy atom. The molecule has 28 heavy (non-hydrogen) atoms. The number of hydrogen-bond acceptors (Lipinski definition) is 4. The van der Waals surface area contributed by atoms with Crippen molar-refractivity contribution < 1.29 is 19.1 Å². The summed E-state index contributed by atoms with van der Waals surface area (Å²) in [6.45, 7) is 0. The molecule has 1 aliphatic rings. The van der Waals surface area contributed by atoms with E-state index in [0.717, 1.165) is 18.4 Å². The Balaban J connectivity index is 1.91. The molecule has 0 aromatic heterocycles. The van der Waals surface area contributed by atoms with Gasteiger partial charge in [-0.25, -0.2) is 0 Å². The molecule has 2 aromatic carbocycles. The van der Waals surface area contributed by atoms with E-state index in [-0.39, 0.29) is 11.8 Å². The summed E-state index contributed by atoms with van der Waals surface area (Å²) in [5.41, 5.74) is 0.570. The van der Waals surface area contributed by atoms with Crippen LogP contribution in [-0.4, -0.2) is 31.6 Å². The van der Waals surface area contributed by atoms with Crippen molar-refractivity contribution in [3.8, 4) is 11.5 Å². The standard InChI is InChI=1S/C22H26N2O4/c1-27-18-12-17(13-19(14-18)28-2)23-21(26)22(11-7-6-10-20(25)24-22)15-16-8-4-3-5-9-16/h3-5,8-9,12-14H,6-7,10-11,15H2,1-2H3,(H,23,26)(H,24,25). The average Bonchev–Trinajstić information content (AvgIpc) is 2.90. The molecule has 1 heterocycles. The fraction of sp³-hybridized carbons (Fsp3) is 0.364. The second-order valence-corrected chi connectivity index (χ2v) is 7.06. The van der Waals surface area contributed by atoms with Gasteiger partial charge in [-0.3, -0.25) is 9.59 Å². The summed E-state index contributed by atoms with van der Waals surface area (Å²) in [7, 11) is 3.12. The number of carbonyl (C=O) groups excluding carboxylic acids is 2.